The van der Waals surface area contributed by atoms with Crippen molar-refractivity contribution in [2.24, 2.45) is 0 Å². The summed E-state index contributed by atoms with van der Waals surface area (Å²) in [6, 6.07) is 1.66. The van der Waals surface area contributed by atoms with Gasteiger partial charge in [-0.2, -0.15) is 13.2 Å². The molecule has 0 bridgehead atoms. The van der Waals surface area contributed by atoms with Crippen molar-refractivity contribution in [3.63, 3.8) is 0 Å². The van der Waals surface area contributed by atoms with Crippen molar-refractivity contribution >= 4 is 5.97 Å². The van der Waals surface area contributed by atoms with Crippen molar-refractivity contribution in [2.75, 3.05) is 0 Å². The second kappa shape index (κ2) is 4.40. The van der Waals surface area contributed by atoms with Crippen molar-refractivity contribution in [1.29, 1.82) is 0 Å². The molecular formula is C10H6F3N3O4. The molecule has 1 aromatic carbocycles. The van der Waals surface area contributed by atoms with Crippen molar-refractivity contribution < 1.29 is 23.1 Å². The van der Waals surface area contributed by atoms with Gasteiger partial charge in [-0.15, -0.1) is 0 Å². The summed E-state index contributed by atoms with van der Waals surface area (Å²) in [7, 11) is 0. The first-order valence-corrected chi connectivity index (χ1v) is 5.06. The Labute approximate surface area is 107 Å². The summed E-state index contributed by atoms with van der Waals surface area (Å²) in [5.74, 6) is -1.57. The van der Waals surface area contributed by atoms with Crippen molar-refractivity contribution in [3.8, 4) is 5.69 Å². The first kappa shape index (κ1) is 13.6. The highest BCUT2D eigenvalue weighted by Gasteiger charge is 2.32. The van der Waals surface area contributed by atoms with Crippen LogP contribution in [0.3, 0.4) is 0 Å². The number of carboxylic acid groups (broad SMARTS) is 1. The molecule has 0 fully saturated rings. The summed E-state index contributed by atoms with van der Waals surface area (Å²) in [6.45, 7) is 0. The number of aromatic amines is 2. The Morgan fingerprint density at radius 3 is 2.15 bits per heavy atom. The molecule has 0 saturated heterocycles. The molecule has 0 radical (unpaired) electrons. The molecule has 0 saturated carbocycles. The van der Waals surface area contributed by atoms with Gasteiger partial charge >= 0.3 is 23.5 Å². The Kier molecular flexibility index (Phi) is 3.00. The SMILES string of the molecule is O=C(O)c1ccc(C(F)(F)F)cc1-n1c(=O)[nH][nH]c1=O. The van der Waals surface area contributed by atoms with Gasteiger partial charge < -0.3 is 5.11 Å². The van der Waals surface area contributed by atoms with Crippen LogP contribution in [0.5, 0.6) is 0 Å². The number of halogens is 3. The van der Waals surface area contributed by atoms with E-state index in [1.54, 1.807) is 0 Å². The van der Waals surface area contributed by atoms with Crippen LogP contribution in [0.2, 0.25) is 0 Å². The summed E-state index contributed by atoms with van der Waals surface area (Å²) >= 11 is 0. The van der Waals surface area contributed by atoms with Crippen LogP contribution < -0.4 is 11.4 Å². The largest absolute Gasteiger partial charge is 0.478 e. The standard InChI is InChI=1S/C10H6F3N3O4/c11-10(12,13)4-1-2-5(7(17)18)6(3-4)16-8(19)14-15-9(16)20/h1-3H,(H,14,19)(H,15,20)(H,17,18). The van der Waals surface area contributed by atoms with Crippen molar-refractivity contribution in [2.45, 2.75) is 6.18 Å². The third kappa shape index (κ3) is 2.22. The van der Waals surface area contributed by atoms with E-state index in [0.29, 0.717) is 18.2 Å². The highest BCUT2D eigenvalue weighted by molar-refractivity contribution is 5.92. The van der Waals surface area contributed by atoms with E-state index in [2.05, 4.69) is 0 Å². The molecule has 2 aromatic rings. The first-order valence-electron chi connectivity index (χ1n) is 5.06. The number of hydrogen-bond donors (Lipinski definition) is 3. The van der Waals surface area contributed by atoms with E-state index in [4.69, 9.17) is 5.11 Å². The molecule has 0 aliphatic carbocycles. The monoisotopic (exact) mass is 289 g/mol. The third-order valence-electron chi connectivity index (χ3n) is 2.48. The molecule has 3 N–H and O–H groups in total. The Morgan fingerprint density at radius 1 is 1.15 bits per heavy atom. The second-order valence-corrected chi connectivity index (χ2v) is 3.73. The van der Waals surface area contributed by atoms with Crippen LogP contribution in [0.1, 0.15) is 15.9 Å². The summed E-state index contributed by atoms with van der Waals surface area (Å²) < 4.78 is 38.1. The number of nitrogens with zero attached hydrogens (tertiary/aromatic N) is 1. The van der Waals surface area contributed by atoms with Gasteiger partial charge in [0, 0.05) is 0 Å². The fourth-order valence-corrected chi connectivity index (χ4v) is 1.60. The van der Waals surface area contributed by atoms with Crippen LogP contribution in [0, 0.1) is 0 Å². The summed E-state index contributed by atoms with van der Waals surface area (Å²) in [6.07, 6.45) is -4.74. The first-order chi connectivity index (χ1) is 9.21. The van der Waals surface area contributed by atoms with Gasteiger partial charge in [0.05, 0.1) is 16.8 Å². The predicted molar refractivity (Wildman–Crippen MR) is 59.0 cm³/mol. The maximum Gasteiger partial charge on any atom is 0.416 e. The normalized spacial score (nSPS) is 11.6. The number of hydrogen-bond acceptors (Lipinski definition) is 3. The molecule has 106 valence electrons. The molecule has 1 heterocycles. The van der Waals surface area contributed by atoms with Gasteiger partial charge in [-0.3, -0.25) is 0 Å². The lowest BCUT2D eigenvalue weighted by Gasteiger charge is -2.10. The predicted octanol–water partition coefficient (Wildman–Crippen LogP) is 0.571. The summed E-state index contributed by atoms with van der Waals surface area (Å²) in [5.41, 5.74) is -4.59. The molecule has 10 heteroatoms. The van der Waals surface area contributed by atoms with E-state index in [1.807, 2.05) is 10.2 Å². The fraction of sp³-hybridized carbons (Fsp3) is 0.100. The van der Waals surface area contributed by atoms with Crippen LogP contribution in [0.25, 0.3) is 5.69 Å². The Balaban J connectivity index is 2.82. The Hall–Kier alpha value is -2.78. The molecular weight excluding hydrogens is 283 g/mol. The van der Waals surface area contributed by atoms with Gasteiger partial charge in [-0.1, -0.05) is 0 Å². The van der Waals surface area contributed by atoms with Gasteiger partial charge in [0.1, 0.15) is 0 Å². The molecule has 0 amide bonds. The van der Waals surface area contributed by atoms with Gasteiger partial charge in [-0.05, 0) is 18.2 Å². The lowest BCUT2D eigenvalue weighted by molar-refractivity contribution is -0.137. The molecule has 2 rings (SSSR count). The van der Waals surface area contributed by atoms with Gasteiger partial charge in [0.25, 0.3) is 0 Å². The maximum absolute atomic E-state index is 12.6. The Morgan fingerprint density at radius 2 is 1.70 bits per heavy atom. The highest BCUT2D eigenvalue weighted by atomic mass is 19.4. The summed E-state index contributed by atoms with van der Waals surface area (Å²) in [4.78, 5) is 33.7. The molecule has 20 heavy (non-hydrogen) atoms. The Bertz CT molecular complexity index is 757. The lowest BCUT2D eigenvalue weighted by Crippen LogP contribution is -2.27. The zero-order valence-electron chi connectivity index (χ0n) is 9.49. The van der Waals surface area contributed by atoms with E-state index >= 15 is 0 Å². The van der Waals surface area contributed by atoms with Crippen LogP contribution in [-0.2, 0) is 6.18 Å². The third-order valence-corrected chi connectivity index (χ3v) is 2.48. The van der Waals surface area contributed by atoms with Crippen LogP contribution >= 0.6 is 0 Å². The fourth-order valence-electron chi connectivity index (χ4n) is 1.60. The van der Waals surface area contributed by atoms with Gasteiger partial charge in [0.15, 0.2) is 0 Å². The molecule has 0 aliphatic rings. The molecule has 0 aliphatic heterocycles. The molecule has 0 spiro atoms. The van der Waals surface area contributed by atoms with E-state index in [1.165, 1.54) is 0 Å². The number of rotatable bonds is 2. The van der Waals surface area contributed by atoms with E-state index in [9.17, 15) is 27.6 Å². The van der Waals surface area contributed by atoms with Gasteiger partial charge in [-0.25, -0.2) is 29.1 Å². The van der Waals surface area contributed by atoms with E-state index in [0.717, 1.165) is 0 Å². The van der Waals surface area contributed by atoms with Crippen LogP contribution in [0.15, 0.2) is 27.8 Å². The number of H-pyrrole nitrogens is 2. The quantitative estimate of drug-likeness (QED) is 0.751. The number of nitrogens with one attached hydrogen (secondary N) is 2. The number of carboxylic acids is 1. The van der Waals surface area contributed by atoms with Crippen LogP contribution in [0.4, 0.5) is 13.2 Å². The molecule has 0 unspecified atom stereocenters. The number of aromatic nitrogens is 3. The smallest absolute Gasteiger partial charge is 0.416 e. The maximum atomic E-state index is 12.6. The minimum atomic E-state index is -4.74. The number of aromatic carboxylic acids is 1. The summed E-state index contributed by atoms with van der Waals surface area (Å²) in [5, 5.41) is 12.6. The van der Waals surface area contributed by atoms with Crippen molar-refractivity contribution in [3.05, 3.63) is 50.3 Å². The average molecular weight is 289 g/mol. The lowest BCUT2D eigenvalue weighted by atomic mass is 10.1. The van der Waals surface area contributed by atoms with Gasteiger partial charge in [0.2, 0.25) is 0 Å². The minimum Gasteiger partial charge on any atom is -0.478 e. The van der Waals surface area contributed by atoms with Crippen LogP contribution in [-0.4, -0.2) is 25.8 Å². The topological polar surface area (TPSA) is 108 Å². The molecule has 7 nitrogen and oxygen atoms in total. The minimum absolute atomic E-state index is 0.276. The molecule has 1 aromatic heterocycles. The zero-order valence-corrected chi connectivity index (χ0v) is 9.49. The van der Waals surface area contributed by atoms with E-state index in [-0.39, 0.29) is 4.57 Å². The average Bonchev–Trinajstić information content (AvgIpc) is 2.67. The molecule has 0 atom stereocenters. The highest BCUT2D eigenvalue weighted by Crippen LogP contribution is 2.31. The number of carbonyl (C=O) groups is 1. The van der Waals surface area contributed by atoms with Crippen molar-refractivity contribution in [1.82, 2.24) is 14.8 Å². The van der Waals surface area contributed by atoms with E-state index < -0.39 is 40.3 Å². The zero-order chi connectivity index (χ0) is 15.1. The second-order valence-electron chi connectivity index (χ2n) is 3.73. The number of alkyl halides is 3. The number of benzene rings is 1.